The molecule has 230 valence electrons. The lowest BCUT2D eigenvalue weighted by Crippen LogP contribution is -2.52. The fourth-order valence-corrected chi connectivity index (χ4v) is 6.28. The summed E-state index contributed by atoms with van der Waals surface area (Å²) in [6.45, 7) is 4.74. The van der Waals surface area contributed by atoms with E-state index >= 15 is 0 Å². The maximum absolute atomic E-state index is 14.2. The molecule has 5 aromatic rings. The van der Waals surface area contributed by atoms with Crippen LogP contribution in [0.5, 0.6) is 11.5 Å². The lowest BCUT2D eigenvalue weighted by molar-refractivity contribution is -0.185. The zero-order chi connectivity index (χ0) is 32.2. The van der Waals surface area contributed by atoms with Gasteiger partial charge in [0.05, 0.1) is 39.1 Å². The van der Waals surface area contributed by atoms with E-state index in [-0.39, 0.29) is 10.8 Å². The molecule has 6 rings (SSSR count). The molecule has 0 amide bonds. The molecule has 0 bridgehead atoms. The van der Waals surface area contributed by atoms with Crippen LogP contribution in [0.1, 0.15) is 38.0 Å². The van der Waals surface area contributed by atoms with E-state index in [0.717, 1.165) is 10.8 Å². The van der Waals surface area contributed by atoms with Crippen LogP contribution in [0.2, 0.25) is 10.0 Å². The standard InChI is InChI=1S/C35H29Cl2NO7/c1-18(39)43-33-30-27(45-35(2,3)34(33)44-28(40)13-11-19-10-12-23(36)24(37)14-19)17-26(42-5)29-31(30)38(4)25-16-21-9-7-6-8-20(21)15-22(25)32(29)41/h6-17,33-34H,1-5H3/b13-11+/t33-,34-/m1/s1. The van der Waals surface area contributed by atoms with Gasteiger partial charge in [-0.2, -0.15) is 0 Å². The minimum atomic E-state index is -1.16. The number of hydrogen-bond donors (Lipinski definition) is 0. The Morgan fingerprint density at radius 3 is 2.36 bits per heavy atom. The van der Waals surface area contributed by atoms with Gasteiger partial charge in [0.25, 0.3) is 0 Å². The number of fused-ring (bicyclic) bond motifs is 5. The molecule has 0 spiro atoms. The summed E-state index contributed by atoms with van der Waals surface area (Å²) in [5, 5.41) is 3.38. The normalized spacial score (nSPS) is 17.3. The molecule has 0 radical (unpaired) electrons. The van der Waals surface area contributed by atoms with E-state index in [1.54, 1.807) is 38.1 Å². The van der Waals surface area contributed by atoms with Crippen molar-refractivity contribution < 1.29 is 28.5 Å². The van der Waals surface area contributed by atoms with Crippen LogP contribution in [0.15, 0.2) is 71.5 Å². The summed E-state index contributed by atoms with van der Waals surface area (Å²) < 4.78 is 25.9. The number of esters is 2. The third-order valence-electron chi connectivity index (χ3n) is 8.03. The molecular formula is C35H29Cl2NO7. The minimum Gasteiger partial charge on any atom is -0.496 e. The number of rotatable bonds is 5. The molecule has 2 heterocycles. The summed E-state index contributed by atoms with van der Waals surface area (Å²) in [6.07, 6.45) is 0.562. The van der Waals surface area contributed by atoms with Crippen LogP contribution in [-0.2, 0) is 26.1 Å². The molecule has 8 nitrogen and oxygen atoms in total. The topological polar surface area (TPSA) is 93.1 Å². The Morgan fingerprint density at radius 2 is 1.69 bits per heavy atom. The van der Waals surface area contributed by atoms with Crippen LogP contribution >= 0.6 is 23.2 Å². The molecule has 1 aliphatic heterocycles. The maximum Gasteiger partial charge on any atom is 0.331 e. The van der Waals surface area contributed by atoms with Crippen molar-refractivity contribution in [1.29, 1.82) is 0 Å². The highest BCUT2D eigenvalue weighted by molar-refractivity contribution is 6.42. The Hall–Kier alpha value is -4.53. The highest BCUT2D eigenvalue weighted by Gasteiger charge is 2.50. The zero-order valence-electron chi connectivity index (χ0n) is 25.1. The maximum atomic E-state index is 14.2. The van der Waals surface area contributed by atoms with Crippen molar-refractivity contribution in [2.75, 3.05) is 7.11 Å². The quantitative estimate of drug-likeness (QED) is 0.111. The van der Waals surface area contributed by atoms with Crippen molar-refractivity contribution in [3.63, 3.8) is 0 Å². The third-order valence-corrected chi connectivity index (χ3v) is 8.77. The zero-order valence-corrected chi connectivity index (χ0v) is 26.7. The number of carbonyl (C=O) groups excluding carboxylic acids is 2. The molecule has 0 saturated heterocycles. The van der Waals surface area contributed by atoms with Gasteiger partial charge in [0.1, 0.15) is 17.1 Å². The summed E-state index contributed by atoms with van der Waals surface area (Å²) in [4.78, 5) is 40.0. The van der Waals surface area contributed by atoms with Crippen molar-refractivity contribution in [1.82, 2.24) is 4.57 Å². The van der Waals surface area contributed by atoms with Crippen LogP contribution < -0.4 is 14.9 Å². The fourth-order valence-electron chi connectivity index (χ4n) is 5.97. The van der Waals surface area contributed by atoms with Gasteiger partial charge in [0.2, 0.25) is 5.43 Å². The number of carbonyl (C=O) groups is 2. The van der Waals surface area contributed by atoms with Gasteiger partial charge in [-0.15, -0.1) is 0 Å². The van der Waals surface area contributed by atoms with Gasteiger partial charge in [-0.25, -0.2) is 4.79 Å². The number of ether oxygens (including phenoxy) is 4. The van der Waals surface area contributed by atoms with Crippen LogP contribution in [0.3, 0.4) is 0 Å². The second-order valence-electron chi connectivity index (χ2n) is 11.4. The van der Waals surface area contributed by atoms with Crippen LogP contribution in [0.4, 0.5) is 0 Å². The highest BCUT2D eigenvalue weighted by atomic mass is 35.5. The average molecular weight is 647 g/mol. The monoisotopic (exact) mass is 645 g/mol. The van der Waals surface area contributed by atoms with E-state index in [1.165, 1.54) is 26.2 Å². The first kappa shape index (κ1) is 30.5. The third kappa shape index (κ3) is 5.38. The van der Waals surface area contributed by atoms with E-state index < -0.39 is 29.7 Å². The Bertz CT molecular complexity index is 2130. The van der Waals surface area contributed by atoms with E-state index in [4.69, 9.17) is 42.1 Å². The predicted octanol–water partition coefficient (Wildman–Crippen LogP) is 7.56. The van der Waals surface area contributed by atoms with Gasteiger partial charge in [-0.1, -0.05) is 53.5 Å². The molecule has 0 unspecified atom stereocenters. The molecule has 2 atom stereocenters. The Labute approximate surface area is 268 Å². The number of methoxy groups -OCH3 is 1. The molecule has 45 heavy (non-hydrogen) atoms. The highest BCUT2D eigenvalue weighted by Crippen LogP contribution is 2.49. The van der Waals surface area contributed by atoms with Crippen molar-refractivity contribution in [2.45, 2.75) is 38.6 Å². The molecule has 0 saturated carbocycles. The number of aromatic nitrogens is 1. The number of nitrogens with zero attached hydrogens (tertiary/aromatic N) is 1. The Morgan fingerprint density at radius 1 is 0.978 bits per heavy atom. The van der Waals surface area contributed by atoms with Crippen molar-refractivity contribution in [3.05, 3.63) is 98.1 Å². The van der Waals surface area contributed by atoms with Crippen molar-refractivity contribution in [2.24, 2.45) is 7.05 Å². The molecule has 0 fully saturated rings. The van der Waals surface area contributed by atoms with Crippen LogP contribution in [0.25, 0.3) is 38.7 Å². The van der Waals surface area contributed by atoms with E-state index in [0.29, 0.717) is 49.1 Å². The van der Waals surface area contributed by atoms with Gasteiger partial charge in [-0.3, -0.25) is 9.59 Å². The number of pyridine rings is 1. The molecule has 0 N–H and O–H groups in total. The summed E-state index contributed by atoms with van der Waals surface area (Å²) in [6, 6.07) is 18.1. The predicted molar refractivity (Wildman–Crippen MR) is 175 cm³/mol. The van der Waals surface area contributed by atoms with Crippen LogP contribution in [0, 0.1) is 0 Å². The summed E-state index contributed by atoms with van der Waals surface area (Å²) in [5.41, 5.74) is 0.701. The Kier molecular flexibility index (Phi) is 7.75. The molecule has 0 aliphatic carbocycles. The summed E-state index contributed by atoms with van der Waals surface area (Å²) in [7, 11) is 3.30. The van der Waals surface area contributed by atoms with Crippen molar-refractivity contribution >= 4 is 73.8 Å². The number of benzene rings is 4. The lowest BCUT2D eigenvalue weighted by atomic mass is 9.86. The van der Waals surface area contributed by atoms with Gasteiger partial charge in [0, 0.05) is 31.5 Å². The van der Waals surface area contributed by atoms with E-state index in [2.05, 4.69) is 0 Å². The first-order valence-electron chi connectivity index (χ1n) is 14.2. The molecule has 4 aromatic carbocycles. The Balaban J connectivity index is 1.55. The number of hydrogen-bond acceptors (Lipinski definition) is 7. The smallest absolute Gasteiger partial charge is 0.331 e. The van der Waals surface area contributed by atoms with E-state index in [9.17, 15) is 14.4 Å². The molecular weight excluding hydrogens is 617 g/mol. The first-order valence-corrected chi connectivity index (χ1v) is 14.9. The number of halogens is 2. The molecule has 1 aliphatic rings. The average Bonchev–Trinajstić information content (AvgIpc) is 3.00. The van der Waals surface area contributed by atoms with Gasteiger partial charge in [-0.05, 0) is 60.5 Å². The van der Waals surface area contributed by atoms with Crippen molar-refractivity contribution in [3.8, 4) is 11.5 Å². The molecule has 1 aromatic heterocycles. The number of aryl methyl sites for hydroxylation is 1. The van der Waals surface area contributed by atoms with Gasteiger partial charge in [0.15, 0.2) is 12.2 Å². The van der Waals surface area contributed by atoms with Crippen LogP contribution in [-0.4, -0.2) is 35.3 Å². The SMILES string of the molecule is COc1cc2c(c3c1c(=O)c1cc4ccccc4cc1n3C)[C@@H](OC(C)=O)[C@@H](OC(=O)/C=C/c1ccc(Cl)c(Cl)c1)C(C)(C)O2. The second-order valence-corrected chi connectivity index (χ2v) is 12.2. The largest absolute Gasteiger partial charge is 0.496 e. The minimum absolute atomic E-state index is 0.256. The first-order chi connectivity index (χ1) is 21.4. The van der Waals surface area contributed by atoms with Gasteiger partial charge >= 0.3 is 11.9 Å². The summed E-state index contributed by atoms with van der Waals surface area (Å²) >= 11 is 12.1. The molecule has 10 heteroatoms. The second kappa shape index (κ2) is 11.4. The van der Waals surface area contributed by atoms with E-state index in [1.807, 2.05) is 48.0 Å². The summed E-state index contributed by atoms with van der Waals surface area (Å²) in [5.74, 6) is -0.662. The fraction of sp³-hybridized carbons (Fsp3) is 0.229. The lowest BCUT2D eigenvalue weighted by Gasteiger charge is -2.43. The van der Waals surface area contributed by atoms with Gasteiger partial charge < -0.3 is 23.5 Å².